The summed E-state index contributed by atoms with van der Waals surface area (Å²) in [7, 11) is 0. The summed E-state index contributed by atoms with van der Waals surface area (Å²) in [6.07, 6.45) is 2.60. The molecule has 0 saturated carbocycles. The Morgan fingerprint density at radius 3 is 2.72 bits per heavy atom. The average molecular weight is 263 g/mol. The fourth-order valence-corrected chi connectivity index (χ4v) is 2.44. The van der Waals surface area contributed by atoms with Crippen LogP contribution in [-0.2, 0) is 11.2 Å². The first-order valence-electron chi connectivity index (χ1n) is 6.53. The summed E-state index contributed by atoms with van der Waals surface area (Å²) in [4.78, 5) is 14.2. The predicted octanol–water partition coefficient (Wildman–Crippen LogP) is 3.31. The van der Waals surface area contributed by atoms with E-state index < -0.39 is 0 Å². The third-order valence-corrected chi connectivity index (χ3v) is 4.29. The van der Waals surface area contributed by atoms with Crippen LogP contribution in [0.3, 0.4) is 0 Å². The molecule has 0 bridgehead atoms. The highest BCUT2D eigenvalue weighted by molar-refractivity contribution is 7.80. The molecule has 1 heterocycles. The summed E-state index contributed by atoms with van der Waals surface area (Å²) >= 11 is 4.39. The van der Waals surface area contributed by atoms with E-state index >= 15 is 0 Å². The van der Waals surface area contributed by atoms with Crippen molar-refractivity contribution in [2.24, 2.45) is 5.41 Å². The van der Waals surface area contributed by atoms with Crippen molar-refractivity contribution < 1.29 is 4.79 Å². The fourth-order valence-electron chi connectivity index (χ4n) is 2.34. The van der Waals surface area contributed by atoms with Crippen LogP contribution in [0.4, 0.5) is 5.69 Å². The minimum absolute atomic E-state index is 0.0379. The Bertz CT molecular complexity index is 442. The number of aryl methyl sites for hydroxylation is 1. The van der Waals surface area contributed by atoms with Gasteiger partial charge >= 0.3 is 0 Å². The predicted molar refractivity (Wildman–Crippen MR) is 79.4 cm³/mol. The summed E-state index contributed by atoms with van der Waals surface area (Å²) in [5.74, 6) is 1.02. The Balaban J connectivity index is 2.34. The average Bonchev–Trinajstić information content (AvgIpc) is 2.50. The van der Waals surface area contributed by atoms with Gasteiger partial charge in [-0.25, -0.2) is 0 Å². The van der Waals surface area contributed by atoms with Gasteiger partial charge in [0.05, 0.1) is 0 Å². The SMILES string of the molecule is CC(C)(CS)CN1C(=O)CCCc2ccccc21. The van der Waals surface area contributed by atoms with Crippen LogP contribution in [0.5, 0.6) is 0 Å². The molecule has 0 N–H and O–H groups in total. The molecule has 0 aromatic heterocycles. The Morgan fingerprint density at radius 2 is 2.00 bits per heavy atom. The highest BCUT2D eigenvalue weighted by Gasteiger charge is 2.27. The lowest BCUT2D eigenvalue weighted by Crippen LogP contribution is -2.39. The molecule has 2 nitrogen and oxygen atoms in total. The van der Waals surface area contributed by atoms with E-state index in [1.54, 1.807) is 0 Å². The van der Waals surface area contributed by atoms with Gasteiger partial charge in [0.25, 0.3) is 0 Å². The number of para-hydroxylation sites is 1. The zero-order valence-electron chi connectivity index (χ0n) is 11.1. The van der Waals surface area contributed by atoms with E-state index in [0.717, 1.165) is 30.8 Å². The van der Waals surface area contributed by atoms with Crippen LogP contribution in [-0.4, -0.2) is 18.2 Å². The molecule has 1 aliphatic rings. The standard InChI is InChI=1S/C15H21NOS/c1-15(2,11-18)10-16-13-8-4-3-6-12(13)7-5-9-14(16)17/h3-4,6,8,18H,5,7,9-11H2,1-2H3. The lowest BCUT2D eigenvalue weighted by molar-refractivity contribution is -0.118. The maximum Gasteiger partial charge on any atom is 0.227 e. The smallest absolute Gasteiger partial charge is 0.227 e. The fraction of sp³-hybridized carbons (Fsp3) is 0.533. The maximum atomic E-state index is 12.3. The van der Waals surface area contributed by atoms with Crippen LogP contribution in [0, 0.1) is 5.41 Å². The van der Waals surface area contributed by atoms with Gasteiger partial charge in [0.15, 0.2) is 0 Å². The first-order valence-corrected chi connectivity index (χ1v) is 7.16. The molecular formula is C15H21NOS. The summed E-state index contributed by atoms with van der Waals surface area (Å²) < 4.78 is 0. The number of rotatable bonds is 3. The second kappa shape index (κ2) is 5.35. The van der Waals surface area contributed by atoms with E-state index in [1.165, 1.54) is 5.56 Å². The van der Waals surface area contributed by atoms with Crippen LogP contribution in [0.15, 0.2) is 24.3 Å². The first-order chi connectivity index (χ1) is 8.53. The zero-order valence-corrected chi connectivity index (χ0v) is 12.0. The van der Waals surface area contributed by atoms with Gasteiger partial charge in [-0.1, -0.05) is 32.0 Å². The molecule has 1 aromatic carbocycles. The van der Waals surface area contributed by atoms with Gasteiger partial charge in [0.1, 0.15) is 0 Å². The largest absolute Gasteiger partial charge is 0.312 e. The minimum atomic E-state index is 0.0379. The number of amides is 1. The number of fused-ring (bicyclic) bond motifs is 1. The molecule has 3 heteroatoms. The van der Waals surface area contributed by atoms with Crippen LogP contribution >= 0.6 is 12.6 Å². The highest BCUT2D eigenvalue weighted by Crippen LogP contribution is 2.30. The van der Waals surface area contributed by atoms with Crippen LogP contribution in [0.1, 0.15) is 32.3 Å². The lowest BCUT2D eigenvalue weighted by Gasteiger charge is -2.32. The van der Waals surface area contributed by atoms with Gasteiger partial charge in [-0.05, 0) is 35.6 Å². The molecule has 98 valence electrons. The molecular weight excluding hydrogens is 242 g/mol. The van der Waals surface area contributed by atoms with Crippen molar-refractivity contribution in [2.45, 2.75) is 33.1 Å². The normalized spacial score (nSPS) is 16.4. The van der Waals surface area contributed by atoms with Crippen LogP contribution in [0.2, 0.25) is 0 Å². The Hall–Kier alpha value is -0.960. The summed E-state index contributed by atoms with van der Waals surface area (Å²) in [5.41, 5.74) is 2.42. The van der Waals surface area contributed by atoms with Crippen LogP contribution < -0.4 is 4.90 Å². The second-order valence-electron chi connectivity index (χ2n) is 5.78. The van der Waals surface area contributed by atoms with Gasteiger partial charge in [-0.3, -0.25) is 4.79 Å². The van der Waals surface area contributed by atoms with Crippen molar-refractivity contribution in [1.82, 2.24) is 0 Å². The van der Waals surface area contributed by atoms with Crippen molar-refractivity contribution in [3.8, 4) is 0 Å². The number of nitrogens with zero attached hydrogens (tertiary/aromatic N) is 1. The molecule has 1 aromatic rings. The summed E-state index contributed by atoms with van der Waals surface area (Å²) in [5, 5.41) is 0. The quantitative estimate of drug-likeness (QED) is 0.830. The number of hydrogen-bond acceptors (Lipinski definition) is 2. The maximum absolute atomic E-state index is 12.3. The van der Waals surface area contributed by atoms with E-state index in [4.69, 9.17) is 0 Å². The number of benzene rings is 1. The number of anilines is 1. The van der Waals surface area contributed by atoms with Gasteiger partial charge in [0.2, 0.25) is 5.91 Å². The number of hydrogen-bond donors (Lipinski definition) is 1. The third kappa shape index (κ3) is 2.89. The Kier molecular flexibility index (Phi) is 4.00. The van der Waals surface area contributed by atoms with E-state index in [9.17, 15) is 4.79 Å². The molecule has 2 rings (SSSR count). The molecule has 0 spiro atoms. The molecule has 1 amide bonds. The van der Waals surface area contributed by atoms with Gasteiger partial charge in [-0.2, -0.15) is 12.6 Å². The summed E-state index contributed by atoms with van der Waals surface area (Å²) in [6, 6.07) is 8.26. The molecule has 1 aliphatic heterocycles. The molecule has 18 heavy (non-hydrogen) atoms. The second-order valence-corrected chi connectivity index (χ2v) is 6.10. The van der Waals surface area contributed by atoms with Crippen molar-refractivity contribution in [3.63, 3.8) is 0 Å². The zero-order chi connectivity index (χ0) is 13.2. The molecule has 0 atom stereocenters. The monoisotopic (exact) mass is 263 g/mol. The lowest BCUT2D eigenvalue weighted by atomic mass is 9.95. The van der Waals surface area contributed by atoms with E-state index in [1.807, 2.05) is 11.0 Å². The number of thiol groups is 1. The number of carbonyl (C=O) groups excluding carboxylic acids is 1. The van der Waals surface area contributed by atoms with Crippen molar-refractivity contribution in [1.29, 1.82) is 0 Å². The van der Waals surface area contributed by atoms with E-state index in [-0.39, 0.29) is 11.3 Å². The van der Waals surface area contributed by atoms with E-state index in [0.29, 0.717) is 6.42 Å². The minimum Gasteiger partial charge on any atom is -0.312 e. The topological polar surface area (TPSA) is 20.3 Å². The van der Waals surface area contributed by atoms with Gasteiger partial charge in [0, 0.05) is 18.7 Å². The van der Waals surface area contributed by atoms with Gasteiger partial charge in [-0.15, -0.1) is 0 Å². The molecule has 0 saturated heterocycles. The third-order valence-electron chi connectivity index (χ3n) is 3.43. The van der Waals surface area contributed by atoms with Crippen LogP contribution in [0.25, 0.3) is 0 Å². The van der Waals surface area contributed by atoms with E-state index in [2.05, 4.69) is 44.7 Å². The van der Waals surface area contributed by atoms with Gasteiger partial charge < -0.3 is 4.90 Å². The first kappa shape index (κ1) is 13.5. The van der Waals surface area contributed by atoms with Crippen molar-refractivity contribution in [2.75, 3.05) is 17.2 Å². The Labute approximate surface area is 115 Å². The molecule has 0 fully saturated rings. The van der Waals surface area contributed by atoms with Crippen molar-refractivity contribution in [3.05, 3.63) is 29.8 Å². The van der Waals surface area contributed by atoms with Crippen molar-refractivity contribution >= 4 is 24.2 Å². The molecule has 0 aliphatic carbocycles. The molecule has 0 unspecified atom stereocenters. The Morgan fingerprint density at radius 1 is 1.28 bits per heavy atom. The molecule has 0 radical (unpaired) electrons. The highest BCUT2D eigenvalue weighted by atomic mass is 32.1. The number of carbonyl (C=O) groups is 1. The summed E-state index contributed by atoms with van der Waals surface area (Å²) in [6.45, 7) is 5.05.